The summed E-state index contributed by atoms with van der Waals surface area (Å²) in [6, 6.07) is 60.2. The Bertz CT molecular complexity index is 4960. The van der Waals surface area contributed by atoms with Gasteiger partial charge in [0.25, 0.3) is 47.3 Å². The number of carbonyl (C=O) groups excluding carboxylic acids is 8. The van der Waals surface area contributed by atoms with Gasteiger partial charge < -0.3 is 27.2 Å². The van der Waals surface area contributed by atoms with Crippen molar-refractivity contribution in [1.82, 2.24) is 14.7 Å². The van der Waals surface area contributed by atoms with Crippen molar-refractivity contribution >= 4 is 78.1 Å². The first-order valence-corrected chi connectivity index (χ1v) is 44.3. The third kappa shape index (κ3) is 15.6. The van der Waals surface area contributed by atoms with Crippen molar-refractivity contribution in [3.05, 3.63) is 266 Å². The van der Waals surface area contributed by atoms with Gasteiger partial charge in [-0.05, 0) is 226 Å². The van der Waals surface area contributed by atoms with Crippen LogP contribution in [0.25, 0.3) is 0 Å². The van der Waals surface area contributed by atoms with E-state index >= 15 is 0 Å². The third-order valence-electron chi connectivity index (χ3n) is 19.8. The molecule has 0 fully saturated rings. The Morgan fingerprint density at radius 2 is 0.638 bits per heavy atom. The molecule has 9 aromatic rings. The van der Waals surface area contributed by atoms with Crippen molar-refractivity contribution in [3.63, 3.8) is 0 Å². The highest BCUT2D eigenvalue weighted by Crippen LogP contribution is 2.41. The van der Waals surface area contributed by atoms with Crippen LogP contribution in [0.4, 0.5) is 5.69 Å². The number of rotatable bonds is 24. The van der Waals surface area contributed by atoms with E-state index in [1.165, 1.54) is 30.3 Å². The number of benzene rings is 9. The van der Waals surface area contributed by atoms with E-state index in [9.17, 15) is 38.4 Å². The lowest BCUT2D eigenvalue weighted by Gasteiger charge is -2.39. The number of unbranched alkanes of at least 4 members (excludes halogenated alkanes) is 1. The van der Waals surface area contributed by atoms with Crippen LogP contribution in [0.15, 0.2) is 194 Å². The van der Waals surface area contributed by atoms with Gasteiger partial charge in [0.2, 0.25) is 0 Å². The van der Waals surface area contributed by atoms with Crippen molar-refractivity contribution < 1.29 is 65.5 Å². The maximum Gasteiger partial charge on any atom is 0.311 e. The Hall–Kier alpha value is -10.7. The molecule has 0 aromatic heterocycles. The van der Waals surface area contributed by atoms with Gasteiger partial charge in [0, 0.05) is 31.5 Å². The molecule has 4 aliphatic heterocycles. The fourth-order valence-corrected chi connectivity index (χ4v) is 28.2. The summed E-state index contributed by atoms with van der Waals surface area (Å²) in [5.41, 5.74) is 7.91. The number of hydrogen-bond acceptors (Lipinski definition) is 14. The third-order valence-corrected chi connectivity index (χ3v) is 31.2. The minimum Gasteiger partial charge on any atom is -0.457 e. The van der Waals surface area contributed by atoms with Crippen LogP contribution in [0.2, 0.25) is 51.4 Å². The van der Waals surface area contributed by atoms with Crippen LogP contribution in [-0.4, -0.2) is 108 Å². The molecular weight excluding hydrogens is 1370 g/mol. The molecule has 0 N–H and O–H groups in total. The van der Waals surface area contributed by atoms with Crippen molar-refractivity contribution in [2.75, 3.05) is 25.5 Å². The number of nitrogens with zero attached hydrogens (tertiary/aromatic N) is 4. The number of amides is 8. The van der Waals surface area contributed by atoms with Crippen LogP contribution < -0.4 is 23.8 Å². The number of fused-ring (bicyclic) bond motifs is 4. The Morgan fingerprint density at radius 3 is 1.00 bits per heavy atom. The van der Waals surface area contributed by atoms with Crippen molar-refractivity contribution in [3.8, 4) is 46.0 Å². The van der Waals surface area contributed by atoms with E-state index in [4.69, 9.17) is 27.2 Å². The van der Waals surface area contributed by atoms with Crippen molar-refractivity contribution in [2.45, 2.75) is 123 Å². The highest BCUT2D eigenvalue weighted by molar-refractivity contribution is 6.87. The molecule has 9 aromatic carbocycles. The molecule has 0 saturated heterocycles. The molecule has 4 heterocycles. The predicted octanol–water partition coefficient (Wildman–Crippen LogP) is 18.7. The maximum atomic E-state index is 13.5. The van der Waals surface area contributed by atoms with Crippen molar-refractivity contribution in [1.29, 1.82) is 0 Å². The molecule has 0 spiro atoms. The van der Waals surface area contributed by atoms with E-state index in [1.54, 1.807) is 78.9 Å². The number of carbonyl (C=O) groups is 8. The van der Waals surface area contributed by atoms with E-state index in [0.717, 1.165) is 56.1 Å². The van der Waals surface area contributed by atoms with Gasteiger partial charge in [-0.25, -0.2) is 4.90 Å². The lowest BCUT2D eigenvalue weighted by atomic mass is 9.78. The number of hydrogen-bond donors (Lipinski definition) is 0. The van der Waals surface area contributed by atoms with E-state index in [-0.39, 0.29) is 58.1 Å². The van der Waals surface area contributed by atoms with Gasteiger partial charge in [0.15, 0.2) is 16.6 Å². The lowest BCUT2D eigenvalue weighted by Crippen LogP contribution is -2.52. The van der Waals surface area contributed by atoms with E-state index in [1.807, 2.05) is 122 Å². The SMILES string of the molecule is CCCC[Si](C)(C)O[Si](C)(C)O[Si](C)(C)CCCN1C(=O)c2ccc(Oc3ccc(C(C)(C)c4ccc(Oc5ccc6c(c5)C(=O)N(C)C6=O)cc4)cc3)cc2C1=O.Cc1cccc(N2C(=O)c3ccc(Oc4ccc(C(C)(C)c5ccc(Oc6ccc7c(c6)C(=O)N(C)C7=O)cc5)cc4)cc3C2=O)c1. The summed E-state index contributed by atoms with van der Waals surface area (Å²) in [7, 11) is -3.30. The molecule has 0 radical (unpaired) electrons. The normalized spacial score (nSPS) is 14.4. The highest BCUT2D eigenvalue weighted by Gasteiger charge is 2.42. The lowest BCUT2D eigenvalue weighted by molar-refractivity contribution is 0.0646. The predicted molar refractivity (Wildman–Crippen MR) is 410 cm³/mol. The molecule has 105 heavy (non-hydrogen) atoms. The zero-order chi connectivity index (χ0) is 75.2. The van der Waals surface area contributed by atoms with Gasteiger partial charge in [0.1, 0.15) is 46.0 Å². The molecule has 538 valence electrons. The largest absolute Gasteiger partial charge is 0.457 e. The van der Waals surface area contributed by atoms with E-state index in [0.29, 0.717) is 109 Å². The van der Waals surface area contributed by atoms with Gasteiger partial charge >= 0.3 is 8.56 Å². The molecule has 21 heteroatoms. The van der Waals surface area contributed by atoms with Crippen LogP contribution >= 0.6 is 0 Å². The number of anilines is 1. The molecular formula is C84H86N4O14Si3. The maximum absolute atomic E-state index is 13.5. The summed E-state index contributed by atoms with van der Waals surface area (Å²) in [6.07, 6.45) is 3.01. The topological polar surface area (TPSA) is 205 Å². The molecule has 0 unspecified atom stereocenters. The molecule has 18 nitrogen and oxygen atoms in total. The summed E-state index contributed by atoms with van der Waals surface area (Å²) >= 11 is 0. The Kier molecular flexibility index (Phi) is 20.5. The smallest absolute Gasteiger partial charge is 0.311 e. The fraction of sp³-hybridized carbons (Fsp3) is 0.262. The van der Waals surface area contributed by atoms with Crippen LogP contribution in [0, 0.1) is 6.92 Å². The zero-order valence-electron chi connectivity index (χ0n) is 61.7. The zero-order valence-corrected chi connectivity index (χ0v) is 64.7. The Labute approximate surface area is 615 Å². The monoisotopic (exact) mass is 1460 g/mol. The summed E-state index contributed by atoms with van der Waals surface area (Å²) in [5.74, 6) is 1.72. The molecule has 0 saturated carbocycles. The Morgan fingerprint density at radius 1 is 0.343 bits per heavy atom. The minimum atomic E-state index is -2.33. The number of ether oxygens (including phenoxy) is 4. The molecule has 4 aliphatic rings. The van der Waals surface area contributed by atoms with E-state index < -0.39 is 25.2 Å². The van der Waals surface area contributed by atoms with Crippen LogP contribution in [0.1, 0.15) is 165 Å². The average molecular weight is 1460 g/mol. The van der Waals surface area contributed by atoms with Crippen LogP contribution in [0.3, 0.4) is 0 Å². The highest BCUT2D eigenvalue weighted by atomic mass is 28.5. The molecule has 0 aliphatic carbocycles. The quantitative estimate of drug-likeness (QED) is 0.0408. The second-order valence-electron chi connectivity index (χ2n) is 29.8. The summed E-state index contributed by atoms with van der Waals surface area (Å²) < 4.78 is 37.8. The number of imide groups is 4. The number of aryl methyl sites for hydroxylation is 1. The summed E-state index contributed by atoms with van der Waals surface area (Å²) in [5, 5.41) is 0. The van der Waals surface area contributed by atoms with Gasteiger partial charge in [-0.3, -0.25) is 53.1 Å². The van der Waals surface area contributed by atoms with Crippen molar-refractivity contribution in [2.24, 2.45) is 0 Å². The standard InChI is InChI=1S/C45H56N2O8Si3.C39H30N2O6/c1-11-12-27-56(5,6)54-58(9,10)55-57(7,8)28-13-26-47-43(50)38-25-23-36(30-40(38)44(47)51)53-34-20-16-32(17-21-34)45(2,3)31-14-18-33(19-15-31)52-35-22-24-37-39(29-35)42(49)46(4)41(37)48;1-23-6-5-7-26(20-23)41-37(44)32-19-17-30(22-34(32)38(41)45)47-28-14-10-25(11-15-28)39(2,3)24-8-12-27(13-9-24)46-29-16-18-31-33(21-29)36(43)40(4)35(31)42/h14-25,29-30H,11-13,26-28H2,1-10H3;5-22H,1-4H3. The fourth-order valence-electron chi connectivity index (χ4n) is 14.0. The average Bonchev–Trinajstić information content (AvgIpc) is 1.70. The molecule has 8 amide bonds. The van der Waals surface area contributed by atoms with E-state index in [2.05, 4.69) is 73.9 Å². The Balaban J connectivity index is 0.000000201. The first-order valence-electron chi connectivity index (χ1n) is 35.3. The summed E-state index contributed by atoms with van der Waals surface area (Å²) in [4.78, 5) is 107. The van der Waals surface area contributed by atoms with Gasteiger partial charge in [-0.2, -0.15) is 0 Å². The molecule has 0 bridgehead atoms. The van der Waals surface area contributed by atoms with Gasteiger partial charge in [0.05, 0.1) is 50.2 Å². The minimum absolute atomic E-state index is 0.273. The second kappa shape index (κ2) is 29.1. The van der Waals surface area contributed by atoms with Crippen LogP contribution in [-0.2, 0) is 19.1 Å². The summed E-state index contributed by atoms with van der Waals surface area (Å²) in [6.45, 7) is 26.2. The van der Waals surface area contributed by atoms with Gasteiger partial charge in [-0.15, -0.1) is 0 Å². The first kappa shape index (κ1) is 74.0. The van der Waals surface area contributed by atoms with Gasteiger partial charge in [-0.1, -0.05) is 108 Å². The molecule has 13 rings (SSSR count). The molecule has 0 atom stereocenters. The van der Waals surface area contributed by atoms with Crippen LogP contribution in [0.5, 0.6) is 46.0 Å². The first-order chi connectivity index (χ1) is 49.7. The second-order valence-corrected chi connectivity index (χ2v) is 42.3.